The molecule has 1 aliphatic carbocycles. The van der Waals surface area contributed by atoms with Gasteiger partial charge >= 0.3 is 0 Å². The lowest BCUT2D eigenvalue weighted by Crippen LogP contribution is -2.49. The van der Waals surface area contributed by atoms with E-state index in [0.717, 1.165) is 18.0 Å². The summed E-state index contributed by atoms with van der Waals surface area (Å²) in [5.74, 6) is 1.04. The Labute approximate surface area is 124 Å². The van der Waals surface area contributed by atoms with Crippen molar-refractivity contribution < 1.29 is 9.53 Å². The van der Waals surface area contributed by atoms with E-state index in [2.05, 4.69) is 11.9 Å². The summed E-state index contributed by atoms with van der Waals surface area (Å²) in [6.07, 6.45) is 2.90. The molecule has 1 aromatic heterocycles. The average molecular weight is 294 g/mol. The van der Waals surface area contributed by atoms with Crippen molar-refractivity contribution in [2.45, 2.75) is 18.9 Å². The van der Waals surface area contributed by atoms with Gasteiger partial charge in [-0.3, -0.25) is 4.79 Å². The third-order valence-electron chi connectivity index (χ3n) is 3.98. The second-order valence-electron chi connectivity index (χ2n) is 5.92. The number of nitrogens with zero attached hydrogens (tertiary/aromatic N) is 2. The SMILES string of the molecule is CN(CC1CC1)C[C@@H]1CN(C(=O)c2ccsc2)CCO1. The number of hydrogen-bond acceptors (Lipinski definition) is 4. The molecule has 5 heteroatoms. The van der Waals surface area contributed by atoms with Crippen molar-refractivity contribution >= 4 is 17.2 Å². The van der Waals surface area contributed by atoms with Crippen LogP contribution in [0.4, 0.5) is 0 Å². The highest BCUT2D eigenvalue weighted by Crippen LogP contribution is 2.29. The van der Waals surface area contributed by atoms with Gasteiger partial charge in [0.1, 0.15) is 0 Å². The molecule has 0 unspecified atom stereocenters. The van der Waals surface area contributed by atoms with E-state index in [-0.39, 0.29) is 12.0 Å². The van der Waals surface area contributed by atoms with Crippen molar-refractivity contribution in [1.82, 2.24) is 9.80 Å². The van der Waals surface area contributed by atoms with E-state index in [4.69, 9.17) is 4.74 Å². The van der Waals surface area contributed by atoms with Gasteiger partial charge in [0.05, 0.1) is 18.3 Å². The fourth-order valence-corrected chi connectivity index (χ4v) is 3.38. The molecule has 2 aliphatic rings. The van der Waals surface area contributed by atoms with Crippen LogP contribution in [-0.4, -0.2) is 61.6 Å². The molecule has 1 aromatic rings. The Kier molecular flexibility index (Phi) is 4.38. The summed E-state index contributed by atoms with van der Waals surface area (Å²) in [4.78, 5) is 16.6. The predicted octanol–water partition coefficient (Wildman–Crippen LogP) is 1.93. The Bertz CT molecular complexity index is 445. The molecule has 1 aliphatic heterocycles. The number of rotatable bonds is 5. The Morgan fingerprint density at radius 3 is 3.05 bits per heavy atom. The van der Waals surface area contributed by atoms with E-state index in [1.165, 1.54) is 19.4 Å². The normalized spacial score (nSPS) is 23.3. The van der Waals surface area contributed by atoms with Crippen LogP contribution in [0.1, 0.15) is 23.2 Å². The van der Waals surface area contributed by atoms with E-state index < -0.39 is 0 Å². The number of carbonyl (C=O) groups is 1. The lowest BCUT2D eigenvalue weighted by Gasteiger charge is -2.34. The molecule has 110 valence electrons. The van der Waals surface area contributed by atoms with Gasteiger partial charge in [-0.15, -0.1) is 0 Å². The van der Waals surface area contributed by atoms with Crippen LogP contribution in [0.15, 0.2) is 16.8 Å². The second-order valence-corrected chi connectivity index (χ2v) is 6.70. The highest BCUT2D eigenvalue weighted by molar-refractivity contribution is 7.08. The summed E-state index contributed by atoms with van der Waals surface area (Å²) in [5.41, 5.74) is 0.807. The van der Waals surface area contributed by atoms with E-state index in [1.807, 2.05) is 21.7 Å². The summed E-state index contributed by atoms with van der Waals surface area (Å²) in [7, 11) is 2.15. The second kappa shape index (κ2) is 6.24. The molecule has 1 amide bonds. The van der Waals surface area contributed by atoms with Crippen molar-refractivity contribution in [3.8, 4) is 0 Å². The van der Waals surface area contributed by atoms with Gasteiger partial charge in [-0.1, -0.05) is 0 Å². The lowest BCUT2D eigenvalue weighted by atomic mass is 10.2. The molecule has 1 saturated heterocycles. The number of likely N-dealkylation sites (N-methyl/N-ethyl adjacent to an activating group) is 1. The predicted molar refractivity (Wildman–Crippen MR) is 80.2 cm³/mol. The van der Waals surface area contributed by atoms with Crippen LogP contribution in [0.25, 0.3) is 0 Å². The monoisotopic (exact) mass is 294 g/mol. The van der Waals surface area contributed by atoms with Gasteiger partial charge in [0.25, 0.3) is 5.91 Å². The van der Waals surface area contributed by atoms with Crippen molar-refractivity contribution in [2.75, 3.05) is 39.8 Å². The topological polar surface area (TPSA) is 32.8 Å². The number of amides is 1. The van der Waals surface area contributed by atoms with Gasteiger partial charge in [-0.2, -0.15) is 11.3 Å². The zero-order chi connectivity index (χ0) is 13.9. The third kappa shape index (κ3) is 3.59. The summed E-state index contributed by atoms with van der Waals surface area (Å²) >= 11 is 1.57. The fourth-order valence-electron chi connectivity index (χ4n) is 2.75. The molecule has 0 N–H and O–H groups in total. The van der Waals surface area contributed by atoms with E-state index in [0.29, 0.717) is 19.7 Å². The van der Waals surface area contributed by atoms with Gasteiger partial charge in [0, 0.05) is 31.6 Å². The molecule has 0 radical (unpaired) electrons. The summed E-state index contributed by atoms with van der Waals surface area (Å²) in [6, 6.07) is 1.90. The van der Waals surface area contributed by atoms with E-state index >= 15 is 0 Å². The van der Waals surface area contributed by atoms with Crippen LogP contribution in [0.5, 0.6) is 0 Å². The molecule has 20 heavy (non-hydrogen) atoms. The maximum Gasteiger partial charge on any atom is 0.254 e. The maximum atomic E-state index is 12.3. The Balaban J connectivity index is 1.51. The third-order valence-corrected chi connectivity index (χ3v) is 4.66. The number of ether oxygens (including phenoxy) is 1. The fraction of sp³-hybridized carbons (Fsp3) is 0.667. The number of hydrogen-bond donors (Lipinski definition) is 0. The molecule has 1 atom stereocenters. The lowest BCUT2D eigenvalue weighted by molar-refractivity contribution is -0.0333. The standard InChI is InChI=1S/C15H22N2O2S/c1-16(8-12-2-3-12)9-14-10-17(5-6-19-14)15(18)13-4-7-20-11-13/h4,7,11-12,14H,2-3,5-6,8-10H2,1H3/t14-/m1/s1. The van der Waals surface area contributed by atoms with Crippen molar-refractivity contribution in [1.29, 1.82) is 0 Å². The number of morpholine rings is 1. The van der Waals surface area contributed by atoms with Crippen LogP contribution in [0.3, 0.4) is 0 Å². The molecular formula is C15H22N2O2S. The zero-order valence-corrected chi connectivity index (χ0v) is 12.8. The van der Waals surface area contributed by atoms with Gasteiger partial charge in [0.2, 0.25) is 0 Å². The summed E-state index contributed by atoms with van der Waals surface area (Å²) in [6.45, 7) is 4.15. The molecule has 3 rings (SSSR count). The van der Waals surface area contributed by atoms with Crippen LogP contribution >= 0.6 is 11.3 Å². The maximum absolute atomic E-state index is 12.3. The number of carbonyl (C=O) groups excluding carboxylic acids is 1. The highest BCUT2D eigenvalue weighted by Gasteiger charge is 2.28. The minimum absolute atomic E-state index is 0.143. The van der Waals surface area contributed by atoms with E-state index in [9.17, 15) is 4.79 Å². The first-order valence-corrected chi connectivity index (χ1v) is 8.28. The van der Waals surface area contributed by atoms with Crippen molar-refractivity contribution in [3.63, 3.8) is 0 Å². The van der Waals surface area contributed by atoms with Gasteiger partial charge in [0.15, 0.2) is 0 Å². The molecule has 2 fully saturated rings. The van der Waals surface area contributed by atoms with Crippen molar-refractivity contribution in [3.05, 3.63) is 22.4 Å². The van der Waals surface area contributed by atoms with Crippen LogP contribution in [0, 0.1) is 5.92 Å². The largest absolute Gasteiger partial charge is 0.373 e. The van der Waals surface area contributed by atoms with Crippen LogP contribution in [0.2, 0.25) is 0 Å². The van der Waals surface area contributed by atoms with Gasteiger partial charge in [-0.05, 0) is 37.3 Å². The first-order chi connectivity index (χ1) is 9.72. The molecule has 2 heterocycles. The molecule has 0 aromatic carbocycles. The number of thiophene rings is 1. The minimum atomic E-state index is 0.143. The molecule has 0 spiro atoms. The molecule has 4 nitrogen and oxygen atoms in total. The first kappa shape index (κ1) is 14.0. The minimum Gasteiger partial charge on any atom is -0.373 e. The quantitative estimate of drug-likeness (QED) is 0.832. The van der Waals surface area contributed by atoms with E-state index in [1.54, 1.807) is 11.3 Å². The van der Waals surface area contributed by atoms with Gasteiger partial charge in [-0.25, -0.2) is 0 Å². The van der Waals surface area contributed by atoms with Crippen molar-refractivity contribution in [2.24, 2.45) is 5.92 Å². The molecular weight excluding hydrogens is 272 g/mol. The highest BCUT2D eigenvalue weighted by atomic mass is 32.1. The summed E-state index contributed by atoms with van der Waals surface area (Å²) < 4.78 is 5.82. The average Bonchev–Trinajstić information content (AvgIpc) is 3.08. The smallest absolute Gasteiger partial charge is 0.254 e. The molecule has 0 bridgehead atoms. The van der Waals surface area contributed by atoms with Gasteiger partial charge < -0.3 is 14.5 Å². The van der Waals surface area contributed by atoms with Crippen LogP contribution < -0.4 is 0 Å². The Morgan fingerprint density at radius 2 is 2.35 bits per heavy atom. The Morgan fingerprint density at radius 1 is 1.50 bits per heavy atom. The first-order valence-electron chi connectivity index (χ1n) is 7.34. The zero-order valence-electron chi connectivity index (χ0n) is 12.0. The molecule has 1 saturated carbocycles. The summed E-state index contributed by atoms with van der Waals surface area (Å²) in [5, 5.41) is 3.88. The van der Waals surface area contributed by atoms with Crippen LogP contribution in [-0.2, 0) is 4.74 Å². The Hall–Kier alpha value is -0.910.